The van der Waals surface area contributed by atoms with Crippen molar-refractivity contribution in [2.75, 3.05) is 36.8 Å². The molecule has 0 aliphatic rings. The van der Waals surface area contributed by atoms with Crippen LogP contribution in [0.15, 0.2) is 54.6 Å². The molecule has 3 aromatic carbocycles. The van der Waals surface area contributed by atoms with E-state index in [-0.39, 0.29) is 0 Å². The zero-order valence-corrected chi connectivity index (χ0v) is 22.1. The van der Waals surface area contributed by atoms with Gasteiger partial charge in [-0.1, -0.05) is 23.7 Å². The molecule has 0 saturated heterocycles. The van der Waals surface area contributed by atoms with Crippen LogP contribution >= 0.6 is 11.6 Å². The number of anilines is 3. The van der Waals surface area contributed by atoms with Crippen molar-refractivity contribution in [3.63, 3.8) is 0 Å². The van der Waals surface area contributed by atoms with Gasteiger partial charge in [0, 0.05) is 21.9 Å². The van der Waals surface area contributed by atoms with Gasteiger partial charge in [-0.2, -0.15) is 8.42 Å². The first-order valence-corrected chi connectivity index (χ1v) is 14.3. The van der Waals surface area contributed by atoms with Crippen LogP contribution in [0, 0.1) is 0 Å². The zero-order valence-electron chi connectivity index (χ0n) is 19.7. The number of halogens is 1. The molecule has 1 aromatic heterocycles. The van der Waals surface area contributed by atoms with Gasteiger partial charge in [-0.3, -0.25) is 9.27 Å². The number of hydrogen-bond donors (Lipinski definition) is 3. The number of hydrogen-bond acceptors (Lipinski definition) is 8. The number of ether oxygens (including phenoxy) is 2. The molecule has 0 bridgehead atoms. The molecule has 0 spiro atoms. The normalized spacial score (nSPS) is 11.5. The van der Waals surface area contributed by atoms with Crippen molar-refractivity contribution in [2.45, 2.75) is 0 Å². The maximum atomic E-state index is 11.6. The molecular formula is C23H24ClN3O7S2. The summed E-state index contributed by atoms with van der Waals surface area (Å²) in [5.41, 5.74) is 3.27. The second-order valence-electron chi connectivity index (χ2n) is 7.65. The largest absolute Gasteiger partial charge is 0.494 e. The fraction of sp³-hybridized carbons (Fsp3) is 0.174. The predicted molar refractivity (Wildman–Crippen MR) is 143 cm³/mol. The van der Waals surface area contributed by atoms with E-state index in [9.17, 15) is 16.8 Å². The summed E-state index contributed by atoms with van der Waals surface area (Å²) in [6.45, 7) is 0. The molecule has 0 unspecified atom stereocenters. The Morgan fingerprint density at radius 2 is 1.56 bits per heavy atom. The lowest BCUT2D eigenvalue weighted by Crippen LogP contribution is -2.09. The summed E-state index contributed by atoms with van der Waals surface area (Å²) in [6.07, 6.45) is 1.81. The number of pyridine rings is 1. The third-order valence-corrected chi connectivity index (χ3v) is 5.56. The topological polar surface area (TPSA) is 144 Å². The number of nitrogens with zero attached hydrogens (tertiary/aromatic N) is 1. The van der Waals surface area contributed by atoms with Crippen LogP contribution in [0.1, 0.15) is 0 Å². The minimum Gasteiger partial charge on any atom is -0.494 e. The highest BCUT2D eigenvalue weighted by Gasteiger charge is 2.15. The number of methoxy groups -OCH3 is 2. The Balaban J connectivity index is 0.000000658. The third-order valence-electron chi connectivity index (χ3n) is 4.71. The Labute approximate surface area is 214 Å². The van der Waals surface area contributed by atoms with Gasteiger partial charge in [-0.15, -0.1) is 0 Å². The van der Waals surface area contributed by atoms with Crippen molar-refractivity contribution in [1.29, 1.82) is 0 Å². The van der Waals surface area contributed by atoms with E-state index in [2.05, 4.69) is 10.0 Å². The van der Waals surface area contributed by atoms with E-state index in [4.69, 9.17) is 30.6 Å². The van der Waals surface area contributed by atoms with Gasteiger partial charge in [0.05, 0.1) is 49.3 Å². The lowest BCUT2D eigenvalue weighted by molar-refractivity contribution is 0.417. The first kappa shape index (κ1) is 27.3. The van der Waals surface area contributed by atoms with Gasteiger partial charge in [-0.25, -0.2) is 13.4 Å². The van der Waals surface area contributed by atoms with Crippen LogP contribution in [-0.2, 0) is 20.1 Å². The number of rotatable bonds is 6. The van der Waals surface area contributed by atoms with Crippen molar-refractivity contribution >= 4 is 70.6 Å². The van der Waals surface area contributed by atoms with Gasteiger partial charge in [0.1, 0.15) is 17.0 Å². The van der Waals surface area contributed by atoms with Crippen LogP contribution in [0.2, 0.25) is 5.02 Å². The predicted octanol–water partition coefficient (Wildman–Crippen LogP) is 4.68. The van der Waals surface area contributed by atoms with E-state index in [0.717, 1.165) is 22.7 Å². The van der Waals surface area contributed by atoms with Gasteiger partial charge in [0.15, 0.2) is 0 Å². The van der Waals surface area contributed by atoms with Crippen LogP contribution in [0.25, 0.3) is 21.8 Å². The standard InChI is InChI=1S/C22H20ClN3O4S.CH4O3S/c1-29-19-6-4-5-16-21(15-9-7-13(23)11-18(15)25-22(16)19)24-17-10-8-14(12-20(17)30-2)26-31(3,27)28;1-5(2,3)4/h4-12,26H,1-3H3,(H,24,25);1H3,(H,2,3,4). The Bertz CT molecular complexity index is 1640. The van der Waals surface area contributed by atoms with Crippen LogP contribution in [0.4, 0.5) is 17.1 Å². The molecule has 192 valence electrons. The van der Waals surface area contributed by atoms with Crippen LogP contribution in [-0.4, -0.2) is 53.1 Å². The van der Waals surface area contributed by atoms with Gasteiger partial charge in [-0.05, 0) is 36.4 Å². The smallest absolute Gasteiger partial charge is 0.261 e. The van der Waals surface area contributed by atoms with Gasteiger partial charge in [0.2, 0.25) is 10.0 Å². The molecule has 0 fully saturated rings. The molecule has 3 N–H and O–H groups in total. The van der Waals surface area contributed by atoms with Crippen LogP contribution < -0.4 is 19.5 Å². The first-order chi connectivity index (χ1) is 16.8. The Hall–Kier alpha value is -3.32. The van der Waals surface area contributed by atoms with E-state index < -0.39 is 20.1 Å². The summed E-state index contributed by atoms with van der Waals surface area (Å²) in [6, 6.07) is 16.2. The Morgan fingerprint density at radius 3 is 2.17 bits per heavy atom. The van der Waals surface area contributed by atoms with E-state index in [1.54, 1.807) is 37.4 Å². The summed E-state index contributed by atoms with van der Waals surface area (Å²) >= 11 is 6.21. The average Bonchev–Trinajstić information content (AvgIpc) is 2.77. The molecular weight excluding hydrogens is 530 g/mol. The molecule has 4 aromatic rings. The average molecular weight is 554 g/mol. The highest BCUT2D eigenvalue weighted by Crippen LogP contribution is 2.39. The van der Waals surface area contributed by atoms with Crippen LogP contribution in [0.3, 0.4) is 0 Å². The number of para-hydroxylation sites is 1. The SMILES string of the molecule is COc1cc(NS(C)(=O)=O)ccc1Nc1c2ccc(Cl)cc2nc2c(OC)cccc12.CS(=O)(=O)O. The number of nitrogens with one attached hydrogen (secondary N) is 2. The fourth-order valence-corrected chi connectivity index (χ4v) is 4.14. The molecule has 1 heterocycles. The van der Waals surface area contributed by atoms with Gasteiger partial charge >= 0.3 is 0 Å². The van der Waals surface area contributed by atoms with Crippen molar-refractivity contribution in [3.05, 3.63) is 59.6 Å². The Morgan fingerprint density at radius 1 is 0.889 bits per heavy atom. The summed E-state index contributed by atoms with van der Waals surface area (Å²) in [7, 11) is -3.95. The molecule has 0 aliphatic heterocycles. The molecule has 0 amide bonds. The molecule has 0 aliphatic carbocycles. The number of fused-ring (bicyclic) bond motifs is 2. The van der Waals surface area contributed by atoms with E-state index in [0.29, 0.717) is 45.2 Å². The third kappa shape index (κ3) is 7.10. The molecule has 0 atom stereocenters. The minimum absolute atomic E-state index is 0.405. The molecule has 0 saturated carbocycles. The monoisotopic (exact) mass is 553 g/mol. The van der Waals surface area contributed by atoms with Gasteiger partial charge < -0.3 is 14.8 Å². The second-order valence-corrected chi connectivity index (χ2v) is 11.3. The quantitative estimate of drug-likeness (QED) is 0.229. The maximum absolute atomic E-state index is 11.6. The molecule has 36 heavy (non-hydrogen) atoms. The van der Waals surface area contributed by atoms with E-state index in [1.165, 1.54) is 7.11 Å². The summed E-state index contributed by atoms with van der Waals surface area (Å²) in [5.74, 6) is 1.12. The maximum Gasteiger partial charge on any atom is 0.261 e. The van der Waals surface area contributed by atoms with Gasteiger partial charge in [0.25, 0.3) is 10.1 Å². The molecule has 0 radical (unpaired) electrons. The van der Waals surface area contributed by atoms with Crippen LogP contribution in [0.5, 0.6) is 11.5 Å². The molecule has 4 rings (SSSR count). The minimum atomic E-state index is -3.67. The zero-order chi connectivity index (χ0) is 26.7. The lowest BCUT2D eigenvalue weighted by Gasteiger charge is -2.17. The lowest BCUT2D eigenvalue weighted by atomic mass is 10.1. The van der Waals surface area contributed by atoms with E-state index >= 15 is 0 Å². The first-order valence-electron chi connectivity index (χ1n) is 10.2. The molecule has 13 heteroatoms. The summed E-state index contributed by atoms with van der Waals surface area (Å²) < 4.78 is 62.4. The van der Waals surface area contributed by atoms with Crippen molar-refractivity contribution in [1.82, 2.24) is 4.98 Å². The number of aromatic nitrogens is 1. The number of benzene rings is 3. The summed E-state index contributed by atoms with van der Waals surface area (Å²) in [5, 5.41) is 5.73. The van der Waals surface area contributed by atoms with Crippen molar-refractivity contribution < 1.29 is 30.9 Å². The highest BCUT2D eigenvalue weighted by molar-refractivity contribution is 7.92. The molecule has 10 nitrogen and oxygen atoms in total. The summed E-state index contributed by atoms with van der Waals surface area (Å²) in [4.78, 5) is 4.75. The van der Waals surface area contributed by atoms with Crippen molar-refractivity contribution in [3.8, 4) is 11.5 Å². The highest BCUT2D eigenvalue weighted by atomic mass is 35.5. The Kier molecular flexibility index (Phi) is 8.14. The number of sulfonamides is 1. The van der Waals surface area contributed by atoms with Crippen molar-refractivity contribution in [2.24, 2.45) is 0 Å². The van der Waals surface area contributed by atoms with E-state index in [1.807, 2.05) is 24.3 Å². The fourth-order valence-electron chi connectivity index (χ4n) is 3.42. The second kappa shape index (κ2) is 10.7.